The minimum absolute atomic E-state index is 0.0520. The van der Waals surface area contributed by atoms with Gasteiger partial charge in [0.15, 0.2) is 0 Å². The average Bonchev–Trinajstić information content (AvgIpc) is 3.09. The Bertz CT molecular complexity index is 1560. The summed E-state index contributed by atoms with van der Waals surface area (Å²) in [6, 6.07) is 10.7. The van der Waals surface area contributed by atoms with Gasteiger partial charge < -0.3 is 14.8 Å². The molecule has 198 valence electrons. The number of hydrogen-bond acceptors (Lipinski definition) is 4. The van der Waals surface area contributed by atoms with Crippen molar-refractivity contribution in [3.63, 3.8) is 0 Å². The largest absolute Gasteiger partial charge is 0.497 e. The maximum atomic E-state index is 15.2. The van der Waals surface area contributed by atoms with Crippen LogP contribution in [0.1, 0.15) is 10.4 Å². The fraction of sp³-hybridized carbons (Fsp3) is 0.120. The molecule has 4 rings (SSSR count). The first-order valence-corrected chi connectivity index (χ1v) is 11.4. The normalized spacial score (nSPS) is 11.1. The number of amides is 1. The molecule has 1 amide bonds. The summed E-state index contributed by atoms with van der Waals surface area (Å²) in [6.07, 6.45) is 0. The molecule has 0 radical (unpaired) electrons. The second kappa shape index (κ2) is 10.8. The number of carbonyl (C=O) groups is 1. The molecule has 0 aliphatic heterocycles. The SMILES string of the molecule is COc1cc(F)c(-c2c(NC(=O)c3ccc(OC(F)F)cc3)c(=O)n(-c3cc(Cl)ccc3Cl)n2C)c(F)c1. The number of rotatable bonds is 7. The molecule has 4 aromatic rings. The number of nitrogens with zero attached hydrogens (tertiary/aromatic N) is 2. The van der Waals surface area contributed by atoms with Crippen LogP contribution in [0.15, 0.2) is 59.4 Å². The standard InChI is InChI=1S/C25H17Cl2F4N3O4/c1-33-22(20-17(28)10-15(37-2)11-18(20)29)21(24(36)34(33)19-9-13(26)5-8-16(19)27)32-23(35)12-3-6-14(7-4-12)38-25(30)31/h3-11,25H,1-2H3,(H,32,35). The van der Waals surface area contributed by atoms with Gasteiger partial charge in [-0.25, -0.2) is 13.5 Å². The molecule has 0 aliphatic rings. The molecule has 38 heavy (non-hydrogen) atoms. The first kappa shape index (κ1) is 27.1. The number of benzene rings is 3. The van der Waals surface area contributed by atoms with Gasteiger partial charge in [-0.3, -0.25) is 14.3 Å². The fourth-order valence-corrected chi connectivity index (χ4v) is 4.16. The zero-order chi connectivity index (χ0) is 27.7. The van der Waals surface area contributed by atoms with Crippen LogP contribution in [0.5, 0.6) is 11.5 Å². The van der Waals surface area contributed by atoms with Crippen LogP contribution in [-0.2, 0) is 7.05 Å². The Kier molecular flexibility index (Phi) is 7.70. The van der Waals surface area contributed by atoms with Crippen LogP contribution in [0.2, 0.25) is 10.0 Å². The van der Waals surface area contributed by atoms with E-state index in [4.69, 9.17) is 27.9 Å². The predicted molar refractivity (Wildman–Crippen MR) is 134 cm³/mol. The number of carbonyl (C=O) groups excluding carboxylic acids is 1. The van der Waals surface area contributed by atoms with Crippen molar-refractivity contribution in [2.45, 2.75) is 6.61 Å². The highest BCUT2D eigenvalue weighted by Gasteiger charge is 2.28. The molecule has 0 atom stereocenters. The van der Waals surface area contributed by atoms with E-state index in [-0.39, 0.29) is 38.5 Å². The lowest BCUT2D eigenvalue weighted by Crippen LogP contribution is -2.23. The zero-order valence-corrected chi connectivity index (χ0v) is 21.1. The summed E-state index contributed by atoms with van der Waals surface area (Å²) >= 11 is 12.4. The van der Waals surface area contributed by atoms with Gasteiger partial charge in [-0.2, -0.15) is 8.78 Å². The molecule has 0 fully saturated rings. The van der Waals surface area contributed by atoms with E-state index in [1.165, 1.54) is 44.5 Å². The molecule has 13 heteroatoms. The monoisotopic (exact) mass is 569 g/mol. The first-order chi connectivity index (χ1) is 18.0. The van der Waals surface area contributed by atoms with E-state index in [0.717, 1.165) is 33.6 Å². The van der Waals surface area contributed by atoms with E-state index in [0.29, 0.717) is 0 Å². The Morgan fingerprint density at radius 1 is 0.974 bits per heavy atom. The van der Waals surface area contributed by atoms with Gasteiger partial charge in [0, 0.05) is 29.8 Å². The van der Waals surface area contributed by atoms with E-state index in [9.17, 15) is 18.4 Å². The third kappa shape index (κ3) is 5.20. The molecule has 7 nitrogen and oxygen atoms in total. The molecule has 0 saturated heterocycles. The molecular formula is C25H17Cl2F4N3O4. The van der Waals surface area contributed by atoms with Gasteiger partial charge in [0.05, 0.1) is 23.4 Å². The Labute approximate surface area is 222 Å². The molecule has 0 saturated carbocycles. The first-order valence-electron chi connectivity index (χ1n) is 10.7. The van der Waals surface area contributed by atoms with E-state index in [2.05, 4.69) is 10.1 Å². The smallest absolute Gasteiger partial charge is 0.387 e. The minimum Gasteiger partial charge on any atom is -0.497 e. The summed E-state index contributed by atoms with van der Waals surface area (Å²) in [5.74, 6) is -3.32. The third-order valence-corrected chi connectivity index (χ3v) is 6.03. The van der Waals surface area contributed by atoms with Crippen molar-refractivity contribution in [3.05, 3.63) is 92.2 Å². The van der Waals surface area contributed by atoms with Crippen molar-refractivity contribution in [3.8, 4) is 28.4 Å². The quantitative estimate of drug-likeness (QED) is 0.265. The lowest BCUT2D eigenvalue weighted by molar-refractivity contribution is -0.0498. The predicted octanol–water partition coefficient (Wildman–Crippen LogP) is 6.29. The molecule has 0 spiro atoms. The summed E-state index contributed by atoms with van der Waals surface area (Å²) in [7, 11) is 2.56. The highest BCUT2D eigenvalue weighted by Crippen LogP contribution is 2.35. The van der Waals surface area contributed by atoms with Crippen LogP contribution < -0.4 is 20.3 Å². The van der Waals surface area contributed by atoms with Crippen molar-refractivity contribution < 1.29 is 31.8 Å². The van der Waals surface area contributed by atoms with E-state index < -0.39 is 41.0 Å². The van der Waals surface area contributed by atoms with Gasteiger partial charge in [0.2, 0.25) is 0 Å². The lowest BCUT2D eigenvalue weighted by Gasteiger charge is -2.14. The Balaban J connectivity index is 1.90. The van der Waals surface area contributed by atoms with E-state index >= 15 is 8.78 Å². The molecular weight excluding hydrogens is 553 g/mol. The maximum absolute atomic E-state index is 15.2. The van der Waals surface area contributed by atoms with Gasteiger partial charge >= 0.3 is 6.61 Å². The van der Waals surface area contributed by atoms with Gasteiger partial charge in [0.25, 0.3) is 11.5 Å². The number of ether oxygens (including phenoxy) is 2. The highest BCUT2D eigenvalue weighted by atomic mass is 35.5. The van der Waals surface area contributed by atoms with Gasteiger partial charge in [-0.05, 0) is 42.5 Å². The second-order valence-electron chi connectivity index (χ2n) is 7.78. The second-order valence-corrected chi connectivity index (χ2v) is 8.63. The number of methoxy groups -OCH3 is 1. The number of anilines is 1. The van der Waals surface area contributed by atoms with Gasteiger partial charge in [0.1, 0.15) is 34.5 Å². The molecule has 0 bridgehead atoms. The van der Waals surface area contributed by atoms with Crippen LogP contribution in [0.3, 0.4) is 0 Å². The van der Waals surface area contributed by atoms with Crippen LogP contribution in [0, 0.1) is 11.6 Å². The van der Waals surface area contributed by atoms with Crippen molar-refractivity contribution in [1.82, 2.24) is 9.36 Å². The number of halogens is 6. The van der Waals surface area contributed by atoms with E-state index in [1.54, 1.807) is 0 Å². The number of alkyl halides is 2. The number of hydrogen-bond donors (Lipinski definition) is 1. The number of aromatic nitrogens is 2. The van der Waals surface area contributed by atoms with Crippen LogP contribution in [-0.4, -0.2) is 29.0 Å². The highest BCUT2D eigenvalue weighted by molar-refractivity contribution is 6.34. The maximum Gasteiger partial charge on any atom is 0.387 e. The third-order valence-electron chi connectivity index (χ3n) is 5.47. The van der Waals surface area contributed by atoms with E-state index in [1.807, 2.05) is 0 Å². The lowest BCUT2D eigenvalue weighted by atomic mass is 10.1. The summed E-state index contributed by atoms with van der Waals surface area (Å²) in [6.45, 7) is -3.06. The topological polar surface area (TPSA) is 74.5 Å². The fourth-order valence-electron chi connectivity index (χ4n) is 3.79. The minimum atomic E-state index is -3.06. The Morgan fingerprint density at radius 2 is 1.61 bits per heavy atom. The average molecular weight is 570 g/mol. The molecule has 0 unspecified atom stereocenters. The number of nitrogens with one attached hydrogen (secondary N) is 1. The summed E-state index contributed by atoms with van der Waals surface area (Å²) < 4.78 is 66.4. The summed E-state index contributed by atoms with van der Waals surface area (Å²) in [5.41, 5.74) is -2.29. The Morgan fingerprint density at radius 3 is 2.18 bits per heavy atom. The van der Waals surface area contributed by atoms with Gasteiger partial charge in [-0.1, -0.05) is 23.2 Å². The molecule has 1 heterocycles. The molecule has 1 aromatic heterocycles. The summed E-state index contributed by atoms with van der Waals surface area (Å²) in [5, 5.41) is 2.69. The Hall–Kier alpha value is -3.96. The van der Waals surface area contributed by atoms with Crippen molar-refractivity contribution in [1.29, 1.82) is 0 Å². The van der Waals surface area contributed by atoms with Crippen molar-refractivity contribution in [2.24, 2.45) is 7.05 Å². The summed E-state index contributed by atoms with van der Waals surface area (Å²) in [4.78, 5) is 26.6. The van der Waals surface area contributed by atoms with Crippen LogP contribution >= 0.6 is 23.2 Å². The molecule has 0 aliphatic carbocycles. The molecule has 1 N–H and O–H groups in total. The zero-order valence-electron chi connectivity index (χ0n) is 19.6. The van der Waals surface area contributed by atoms with Crippen LogP contribution in [0.4, 0.5) is 23.2 Å². The molecule has 3 aromatic carbocycles. The van der Waals surface area contributed by atoms with Gasteiger partial charge in [-0.15, -0.1) is 0 Å². The van der Waals surface area contributed by atoms with Crippen molar-refractivity contribution >= 4 is 34.8 Å². The van der Waals surface area contributed by atoms with Crippen LogP contribution in [0.25, 0.3) is 16.9 Å². The van der Waals surface area contributed by atoms with Crippen molar-refractivity contribution in [2.75, 3.05) is 12.4 Å².